The highest BCUT2D eigenvalue weighted by atomic mass is 16.5. The van der Waals surface area contributed by atoms with E-state index in [0.717, 1.165) is 17.7 Å². The first-order chi connectivity index (χ1) is 8.16. The molecule has 3 amide bonds. The molecule has 1 N–H and O–H groups in total. The van der Waals surface area contributed by atoms with Crippen LogP contribution in [0, 0.1) is 0 Å². The Morgan fingerprint density at radius 1 is 1.41 bits per heavy atom. The molecule has 2 aliphatic rings. The summed E-state index contributed by atoms with van der Waals surface area (Å²) in [6, 6.07) is 2.89. The van der Waals surface area contributed by atoms with E-state index in [1.807, 2.05) is 0 Å². The number of ether oxygens (including phenoxy) is 1. The van der Waals surface area contributed by atoms with Crippen molar-refractivity contribution in [2.45, 2.75) is 18.4 Å². The minimum absolute atomic E-state index is 0.186. The molecule has 1 spiro atoms. The van der Waals surface area contributed by atoms with Crippen LogP contribution in [0.5, 0.6) is 5.88 Å². The SMILES string of the molecule is COc1ccc(N2C(=O)NC3(CC3)C2=O)cn1. The molecular formula is C11H11N3O3. The molecular weight excluding hydrogens is 222 g/mol. The molecule has 88 valence electrons. The normalized spacial score (nSPS) is 20.6. The molecule has 0 radical (unpaired) electrons. The van der Waals surface area contributed by atoms with Gasteiger partial charge >= 0.3 is 6.03 Å². The number of aromatic nitrogens is 1. The summed E-state index contributed by atoms with van der Waals surface area (Å²) in [5, 5.41) is 2.71. The van der Waals surface area contributed by atoms with E-state index >= 15 is 0 Å². The third-order valence-corrected chi connectivity index (χ3v) is 3.10. The Bertz CT molecular complexity index is 493. The Kier molecular flexibility index (Phi) is 1.89. The van der Waals surface area contributed by atoms with Gasteiger partial charge in [-0.15, -0.1) is 0 Å². The molecule has 2 heterocycles. The molecule has 1 aromatic rings. The molecule has 1 saturated heterocycles. The maximum absolute atomic E-state index is 12.0. The molecule has 6 heteroatoms. The Labute approximate surface area is 97.6 Å². The van der Waals surface area contributed by atoms with Crippen molar-refractivity contribution in [3.8, 4) is 5.88 Å². The lowest BCUT2D eigenvalue weighted by atomic mass is 10.2. The van der Waals surface area contributed by atoms with Crippen LogP contribution in [0.15, 0.2) is 18.3 Å². The first-order valence-electron chi connectivity index (χ1n) is 5.33. The van der Waals surface area contributed by atoms with Crippen LogP contribution in [0.2, 0.25) is 0 Å². The second-order valence-electron chi connectivity index (χ2n) is 4.21. The van der Waals surface area contributed by atoms with Gasteiger partial charge in [-0.1, -0.05) is 0 Å². The summed E-state index contributed by atoms with van der Waals surface area (Å²) in [7, 11) is 1.51. The smallest absolute Gasteiger partial charge is 0.329 e. The lowest BCUT2D eigenvalue weighted by Crippen LogP contribution is -2.32. The van der Waals surface area contributed by atoms with Crippen LogP contribution in [0.1, 0.15) is 12.8 Å². The maximum atomic E-state index is 12.0. The summed E-state index contributed by atoms with van der Waals surface area (Å²) in [5.74, 6) is 0.261. The van der Waals surface area contributed by atoms with Gasteiger partial charge in [0, 0.05) is 6.07 Å². The van der Waals surface area contributed by atoms with Crippen molar-refractivity contribution in [1.82, 2.24) is 10.3 Å². The number of carbonyl (C=O) groups excluding carboxylic acids is 2. The number of anilines is 1. The number of nitrogens with one attached hydrogen (secondary N) is 1. The van der Waals surface area contributed by atoms with Crippen LogP contribution in [0.25, 0.3) is 0 Å². The summed E-state index contributed by atoms with van der Waals surface area (Å²) >= 11 is 0. The molecule has 3 rings (SSSR count). The topological polar surface area (TPSA) is 71.5 Å². The van der Waals surface area contributed by atoms with E-state index in [4.69, 9.17) is 4.74 Å². The number of rotatable bonds is 2. The number of urea groups is 1. The minimum atomic E-state index is -0.628. The molecule has 17 heavy (non-hydrogen) atoms. The monoisotopic (exact) mass is 233 g/mol. The lowest BCUT2D eigenvalue weighted by Gasteiger charge is -2.12. The molecule has 1 aliphatic heterocycles. The van der Waals surface area contributed by atoms with E-state index in [1.54, 1.807) is 12.1 Å². The number of methoxy groups -OCH3 is 1. The first kappa shape index (κ1) is 10.1. The van der Waals surface area contributed by atoms with Crippen molar-refractivity contribution < 1.29 is 14.3 Å². The van der Waals surface area contributed by atoms with Gasteiger partial charge in [0.2, 0.25) is 5.88 Å². The molecule has 0 atom stereocenters. The molecule has 2 fully saturated rings. The van der Waals surface area contributed by atoms with Gasteiger partial charge < -0.3 is 10.1 Å². The number of amides is 3. The molecule has 1 saturated carbocycles. The fourth-order valence-electron chi connectivity index (χ4n) is 1.94. The van der Waals surface area contributed by atoms with E-state index in [1.165, 1.54) is 13.3 Å². The van der Waals surface area contributed by atoms with Crippen molar-refractivity contribution in [2.24, 2.45) is 0 Å². The van der Waals surface area contributed by atoms with Gasteiger partial charge in [-0.05, 0) is 18.9 Å². The zero-order valence-electron chi connectivity index (χ0n) is 9.27. The number of pyridine rings is 1. The van der Waals surface area contributed by atoms with Gasteiger partial charge in [-0.2, -0.15) is 0 Å². The second kappa shape index (κ2) is 3.19. The fourth-order valence-corrected chi connectivity index (χ4v) is 1.94. The lowest BCUT2D eigenvalue weighted by molar-refractivity contribution is -0.119. The highest BCUT2D eigenvalue weighted by Gasteiger charge is 2.59. The number of hydrogen-bond donors (Lipinski definition) is 1. The van der Waals surface area contributed by atoms with Crippen molar-refractivity contribution in [2.75, 3.05) is 12.0 Å². The predicted octanol–water partition coefficient (Wildman–Crippen LogP) is 0.679. The molecule has 0 bridgehead atoms. The standard InChI is InChI=1S/C11H11N3O3/c1-17-8-3-2-7(6-12-8)14-9(15)11(4-5-11)13-10(14)16/h2-3,6H,4-5H2,1H3,(H,13,16). The van der Waals surface area contributed by atoms with E-state index < -0.39 is 5.54 Å². The molecule has 0 aromatic carbocycles. The third-order valence-electron chi connectivity index (χ3n) is 3.10. The highest BCUT2D eigenvalue weighted by Crippen LogP contribution is 2.42. The van der Waals surface area contributed by atoms with Crippen molar-refractivity contribution in [3.05, 3.63) is 18.3 Å². The quantitative estimate of drug-likeness (QED) is 0.762. The average molecular weight is 233 g/mol. The van der Waals surface area contributed by atoms with E-state index in [9.17, 15) is 9.59 Å². The molecule has 1 aromatic heterocycles. The second-order valence-corrected chi connectivity index (χ2v) is 4.21. The van der Waals surface area contributed by atoms with Gasteiger partial charge in [-0.25, -0.2) is 14.7 Å². The summed E-state index contributed by atoms with van der Waals surface area (Å²) in [6.07, 6.45) is 2.90. The van der Waals surface area contributed by atoms with Crippen molar-refractivity contribution in [3.63, 3.8) is 0 Å². The Morgan fingerprint density at radius 3 is 2.65 bits per heavy atom. The number of carbonyl (C=O) groups is 2. The van der Waals surface area contributed by atoms with Crippen molar-refractivity contribution in [1.29, 1.82) is 0 Å². The molecule has 1 aliphatic carbocycles. The highest BCUT2D eigenvalue weighted by molar-refractivity contribution is 6.24. The van der Waals surface area contributed by atoms with E-state index in [0.29, 0.717) is 11.6 Å². The maximum Gasteiger partial charge on any atom is 0.329 e. The van der Waals surface area contributed by atoms with E-state index in [-0.39, 0.29) is 11.9 Å². The molecule has 6 nitrogen and oxygen atoms in total. The third kappa shape index (κ3) is 1.37. The van der Waals surface area contributed by atoms with E-state index in [2.05, 4.69) is 10.3 Å². The average Bonchev–Trinajstić information content (AvgIpc) is 3.06. The summed E-state index contributed by atoms with van der Waals surface area (Å²) < 4.78 is 4.92. The molecule has 0 unspecified atom stereocenters. The Morgan fingerprint density at radius 2 is 2.18 bits per heavy atom. The van der Waals surface area contributed by atoms with Gasteiger partial charge in [-0.3, -0.25) is 4.79 Å². The van der Waals surface area contributed by atoms with Gasteiger partial charge in [0.1, 0.15) is 5.54 Å². The van der Waals surface area contributed by atoms with Crippen LogP contribution in [0.4, 0.5) is 10.5 Å². The van der Waals surface area contributed by atoms with Gasteiger partial charge in [0.25, 0.3) is 5.91 Å². The Hall–Kier alpha value is -2.11. The predicted molar refractivity (Wildman–Crippen MR) is 58.8 cm³/mol. The summed E-state index contributed by atoms with van der Waals surface area (Å²) in [6.45, 7) is 0. The largest absolute Gasteiger partial charge is 0.481 e. The van der Waals surface area contributed by atoms with Crippen LogP contribution >= 0.6 is 0 Å². The van der Waals surface area contributed by atoms with Crippen LogP contribution < -0.4 is 15.0 Å². The van der Waals surface area contributed by atoms with Crippen LogP contribution in [-0.2, 0) is 4.79 Å². The number of nitrogens with zero attached hydrogens (tertiary/aromatic N) is 2. The van der Waals surface area contributed by atoms with Crippen LogP contribution in [0.3, 0.4) is 0 Å². The fraction of sp³-hybridized carbons (Fsp3) is 0.364. The summed E-state index contributed by atoms with van der Waals surface area (Å²) in [5.41, 5.74) is -0.158. The zero-order valence-corrected chi connectivity index (χ0v) is 9.27. The number of imide groups is 1. The number of hydrogen-bond acceptors (Lipinski definition) is 4. The summed E-state index contributed by atoms with van der Waals surface area (Å²) in [4.78, 5) is 28.9. The van der Waals surface area contributed by atoms with Crippen molar-refractivity contribution >= 4 is 17.6 Å². The minimum Gasteiger partial charge on any atom is -0.481 e. The van der Waals surface area contributed by atoms with Crippen LogP contribution in [-0.4, -0.2) is 29.6 Å². The Balaban J connectivity index is 1.93. The van der Waals surface area contributed by atoms with Gasteiger partial charge in [0.15, 0.2) is 0 Å². The van der Waals surface area contributed by atoms with Gasteiger partial charge in [0.05, 0.1) is 19.0 Å². The first-order valence-corrected chi connectivity index (χ1v) is 5.33. The zero-order chi connectivity index (χ0) is 12.0.